The Kier molecular flexibility index (Phi) is 5.54. The van der Waals surface area contributed by atoms with Crippen LogP contribution >= 0.6 is 0 Å². The molecule has 3 rings (SSSR count). The van der Waals surface area contributed by atoms with Gasteiger partial charge in [-0.05, 0) is 60.2 Å². The molecule has 1 aromatic heterocycles. The third kappa shape index (κ3) is 4.92. The number of carbonyl (C=O) groups is 1. The largest absolute Gasteiger partial charge is 0.416 e. The Hall–Kier alpha value is -3.81. The molecule has 2 aromatic carbocycles. The molecule has 0 atom stereocenters. The zero-order valence-corrected chi connectivity index (χ0v) is 15.0. The van der Waals surface area contributed by atoms with Crippen molar-refractivity contribution in [2.24, 2.45) is 0 Å². The Morgan fingerprint density at radius 3 is 2.31 bits per heavy atom. The second-order valence-electron chi connectivity index (χ2n) is 6.10. The number of aromatic nitrogens is 1. The second kappa shape index (κ2) is 8.05. The fraction of sp³-hybridized carbons (Fsp3) is 0.0476. The summed E-state index contributed by atoms with van der Waals surface area (Å²) in [6, 6.07) is 12.6. The van der Waals surface area contributed by atoms with Crippen LogP contribution in [-0.4, -0.2) is 10.9 Å². The molecule has 0 aliphatic carbocycles. The van der Waals surface area contributed by atoms with Gasteiger partial charge in [-0.15, -0.1) is 0 Å². The van der Waals surface area contributed by atoms with Crippen LogP contribution < -0.4 is 16.2 Å². The van der Waals surface area contributed by atoms with Gasteiger partial charge in [0.2, 0.25) is 11.5 Å². The fourth-order valence-corrected chi connectivity index (χ4v) is 2.67. The van der Waals surface area contributed by atoms with Crippen molar-refractivity contribution in [2.45, 2.75) is 6.18 Å². The van der Waals surface area contributed by atoms with Gasteiger partial charge in [0.25, 0.3) is 0 Å². The summed E-state index contributed by atoms with van der Waals surface area (Å²) in [4.78, 5) is 25.8. The maximum absolute atomic E-state index is 12.8. The van der Waals surface area contributed by atoms with Crippen molar-refractivity contribution in [3.8, 4) is 11.1 Å². The normalized spacial score (nSPS) is 11.0. The Bertz CT molecular complexity index is 1100. The van der Waals surface area contributed by atoms with E-state index >= 15 is 0 Å². The number of benzene rings is 2. The minimum Gasteiger partial charge on any atom is -0.355 e. The first-order valence-electron chi connectivity index (χ1n) is 8.47. The maximum atomic E-state index is 12.8. The first-order valence-corrected chi connectivity index (χ1v) is 8.47. The minimum atomic E-state index is -4.42. The topological polar surface area (TPSA) is 74.0 Å². The van der Waals surface area contributed by atoms with E-state index in [4.69, 9.17) is 0 Å². The van der Waals surface area contributed by atoms with Gasteiger partial charge >= 0.3 is 6.18 Å². The van der Waals surface area contributed by atoms with Crippen molar-refractivity contribution in [2.75, 3.05) is 10.6 Å². The monoisotopic (exact) mass is 399 g/mol. The van der Waals surface area contributed by atoms with Crippen molar-refractivity contribution in [1.29, 1.82) is 0 Å². The molecule has 0 spiro atoms. The van der Waals surface area contributed by atoms with Gasteiger partial charge in [-0.25, -0.2) is 0 Å². The summed E-state index contributed by atoms with van der Waals surface area (Å²) < 4.78 is 38.3. The van der Waals surface area contributed by atoms with Crippen LogP contribution in [0.5, 0.6) is 0 Å². The van der Waals surface area contributed by atoms with Gasteiger partial charge in [-0.1, -0.05) is 6.58 Å². The molecule has 3 N–H and O–H groups in total. The third-order valence-electron chi connectivity index (χ3n) is 4.05. The summed E-state index contributed by atoms with van der Waals surface area (Å²) >= 11 is 0. The van der Waals surface area contributed by atoms with Gasteiger partial charge in [0.1, 0.15) is 0 Å². The molecule has 0 saturated carbocycles. The van der Waals surface area contributed by atoms with E-state index in [2.05, 4.69) is 22.2 Å². The Morgan fingerprint density at radius 2 is 1.69 bits per heavy atom. The summed E-state index contributed by atoms with van der Waals surface area (Å²) in [6.45, 7) is 3.40. The van der Waals surface area contributed by atoms with Crippen molar-refractivity contribution in [1.82, 2.24) is 4.98 Å². The lowest BCUT2D eigenvalue weighted by Gasteiger charge is -2.15. The van der Waals surface area contributed by atoms with E-state index in [1.807, 2.05) is 0 Å². The summed E-state index contributed by atoms with van der Waals surface area (Å²) in [6.07, 6.45) is -1.81. The summed E-state index contributed by atoms with van der Waals surface area (Å²) in [5, 5.41) is 5.69. The fourth-order valence-electron chi connectivity index (χ4n) is 2.67. The number of carbonyl (C=O) groups excluding carboxylic acids is 1. The molecule has 0 aliphatic rings. The smallest absolute Gasteiger partial charge is 0.355 e. The zero-order chi connectivity index (χ0) is 21.0. The van der Waals surface area contributed by atoms with Crippen LogP contribution in [-0.2, 0) is 11.0 Å². The van der Waals surface area contributed by atoms with E-state index in [0.717, 1.165) is 18.2 Å². The van der Waals surface area contributed by atoms with Gasteiger partial charge in [-0.2, -0.15) is 13.2 Å². The molecule has 0 fully saturated rings. The number of aromatic amines is 1. The lowest BCUT2D eigenvalue weighted by atomic mass is 10.0. The van der Waals surface area contributed by atoms with Gasteiger partial charge in [0, 0.05) is 34.9 Å². The molecule has 3 aromatic rings. The number of rotatable bonds is 5. The number of H-pyrrole nitrogens is 1. The molecule has 0 saturated heterocycles. The van der Waals surface area contributed by atoms with Crippen LogP contribution in [0.4, 0.5) is 30.2 Å². The zero-order valence-electron chi connectivity index (χ0n) is 15.0. The van der Waals surface area contributed by atoms with Crippen LogP contribution in [0.3, 0.4) is 0 Å². The van der Waals surface area contributed by atoms with E-state index in [1.54, 1.807) is 24.3 Å². The van der Waals surface area contributed by atoms with Crippen molar-refractivity contribution in [3.63, 3.8) is 0 Å². The molecule has 8 heteroatoms. The highest BCUT2D eigenvalue weighted by atomic mass is 19.4. The lowest BCUT2D eigenvalue weighted by Crippen LogP contribution is -2.08. The molecular weight excluding hydrogens is 383 g/mol. The highest BCUT2D eigenvalue weighted by molar-refractivity contribution is 6.00. The first-order chi connectivity index (χ1) is 13.8. The van der Waals surface area contributed by atoms with Gasteiger partial charge < -0.3 is 15.6 Å². The first kappa shape index (κ1) is 19.9. The number of alkyl halides is 3. The number of pyridine rings is 1. The highest BCUT2D eigenvalue weighted by Crippen LogP contribution is 2.34. The predicted octanol–water partition coefficient (Wildman–Crippen LogP) is 4.93. The summed E-state index contributed by atoms with van der Waals surface area (Å²) in [7, 11) is 0. The van der Waals surface area contributed by atoms with Gasteiger partial charge in [-0.3, -0.25) is 9.59 Å². The number of halogens is 3. The van der Waals surface area contributed by atoms with E-state index in [0.29, 0.717) is 28.2 Å². The van der Waals surface area contributed by atoms with Crippen LogP contribution in [0, 0.1) is 0 Å². The highest BCUT2D eigenvalue weighted by Gasteiger charge is 2.29. The van der Waals surface area contributed by atoms with E-state index in [-0.39, 0.29) is 5.56 Å². The second-order valence-corrected chi connectivity index (χ2v) is 6.10. The quantitative estimate of drug-likeness (QED) is 0.533. The average Bonchev–Trinajstić information content (AvgIpc) is 2.68. The molecule has 0 bridgehead atoms. The number of nitrogens with one attached hydrogen (secondary N) is 3. The minimum absolute atomic E-state index is 0.316. The van der Waals surface area contributed by atoms with Crippen LogP contribution in [0.25, 0.3) is 11.1 Å². The summed E-state index contributed by atoms with van der Waals surface area (Å²) in [5.41, 5.74) is 1.54. The van der Waals surface area contributed by atoms with Crippen LogP contribution in [0.15, 0.2) is 78.2 Å². The van der Waals surface area contributed by atoms with Crippen molar-refractivity contribution >= 4 is 23.0 Å². The molecule has 0 radical (unpaired) electrons. The molecule has 0 aliphatic heterocycles. The van der Waals surface area contributed by atoms with Crippen molar-refractivity contribution in [3.05, 3.63) is 89.4 Å². The van der Waals surface area contributed by atoms with E-state index in [1.165, 1.54) is 24.4 Å². The van der Waals surface area contributed by atoms with Crippen LogP contribution in [0.2, 0.25) is 0 Å². The Labute approximate surface area is 163 Å². The average molecular weight is 399 g/mol. The van der Waals surface area contributed by atoms with E-state index in [9.17, 15) is 22.8 Å². The standard InChI is InChI=1S/C21H16F3N3O2/c1-2-19(28)27-16-7-8-18(17(12-16)13-9-10-25-20(29)11-13)26-15-5-3-14(4-6-15)21(22,23)24/h2-12,26H,1H2,(H,25,29)(H,27,28). The van der Waals surface area contributed by atoms with E-state index < -0.39 is 17.6 Å². The van der Waals surface area contributed by atoms with Crippen molar-refractivity contribution < 1.29 is 18.0 Å². The van der Waals surface area contributed by atoms with Crippen LogP contribution in [0.1, 0.15) is 5.56 Å². The molecule has 1 heterocycles. The number of hydrogen-bond acceptors (Lipinski definition) is 3. The lowest BCUT2D eigenvalue weighted by molar-refractivity contribution is -0.137. The molecule has 0 unspecified atom stereocenters. The molecular formula is C21H16F3N3O2. The SMILES string of the molecule is C=CC(=O)Nc1ccc(Nc2ccc(C(F)(F)F)cc2)c(-c2cc[nH]c(=O)c2)c1. The number of amides is 1. The number of anilines is 3. The van der Waals surface area contributed by atoms with Gasteiger partial charge in [0.05, 0.1) is 5.56 Å². The van der Waals surface area contributed by atoms with Gasteiger partial charge in [0.15, 0.2) is 0 Å². The molecule has 29 heavy (non-hydrogen) atoms. The molecule has 5 nitrogen and oxygen atoms in total. The molecule has 148 valence electrons. The predicted molar refractivity (Wildman–Crippen MR) is 106 cm³/mol. The maximum Gasteiger partial charge on any atom is 0.416 e. The number of hydrogen-bond donors (Lipinski definition) is 3. The Morgan fingerprint density at radius 1 is 1.00 bits per heavy atom. The Balaban J connectivity index is 2.00. The molecule has 1 amide bonds. The third-order valence-corrected chi connectivity index (χ3v) is 4.05. The summed E-state index contributed by atoms with van der Waals surface area (Å²) in [5.74, 6) is -0.398.